The van der Waals surface area contributed by atoms with Crippen LogP contribution in [0.25, 0.3) is 0 Å². The Morgan fingerprint density at radius 1 is 0.750 bits per heavy atom. The zero-order valence-electron chi connectivity index (χ0n) is 16.5. The summed E-state index contributed by atoms with van der Waals surface area (Å²) in [5.41, 5.74) is 3.13. The molecule has 0 aliphatic heterocycles. The maximum absolute atomic E-state index is 13.7. The monoisotopic (exact) mass is 388 g/mol. The highest BCUT2D eigenvalue weighted by Gasteiger charge is 2.24. The highest BCUT2D eigenvalue weighted by molar-refractivity contribution is 7.83. The average molecular weight is 388 g/mol. The van der Waals surface area contributed by atoms with Crippen molar-refractivity contribution in [3.63, 3.8) is 0 Å². The molecule has 0 radical (unpaired) electrons. The Hall–Kier alpha value is -2.47. The fourth-order valence-corrected chi connectivity index (χ4v) is 5.00. The van der Waals surface area contributed by atoms with Crippen molar-refractivity contribution in [3.8, 4) is 23.9 Å². The highest BCUT2D eigenvalue weighted by atomic mass is 31.2. The minimum absolute atomic E-state index is 0.777. The first-order valence-corrected chi connectivity index (χ1v) is 11.8. The van der Waals surface area contributed by atoms with Crippen LogP contribution < -0.4 is 10.6 Å². The van der Waals surface area contributed by atoms with E-state index in [0.29, 0.717) is 0 Å². The number of hydrogen-bond donors (Lipinski definition) is 0. The van der Waals surface area contributed by atoms with E-state index < -0.39 is 7.14 Å². The second-order valence-electron chi connectivity index (χ2n) is 6.74. The van der Waals surface area contributed by atoms with Crippen LogP contribution >= 0.6 is 7.14 Å². The second kappa shape index (κ2) is 12.8. The van der Waals surface area contributed by atoms with Gasteiger partial charge >= 0.3 is 0 Å². The van der Waals surface area contributed by atoms with Gasteiger partial charge in [0.25, 0.3) is 0 Å². The van der Waals surface area contributed by atoms with Crippen molar-refractivity contribution in [1.82, 2.24) is 0 Å². The average Bonchev–Trinajstić information content (AvgIpc) is 2.75. The van der Waals surface area contributed by atoms with Gasteiger partial charge in [-0.3, -0.25) is 4.57 Å². The lowest BCUT2D eigenvalue weighted by atomic mass is 10.1. The van der Waals surface area contributed by atoms with Gasteiger partial charge in [-0.25, -0.2) is 0 Å². The third-order valence-corrected chi connectivity index (χ3v) is 7.03. The summed E-state index contributed by atoms with van der Waals surface area (Å²) in [4.78, 5) is 0. The van der Waals surface area contributed by atoms with E-state index in [2.05, 4.69) is 29.7 Å². The molecule has 0 unspecified atom stereocenters. The molecule has 0 fully saturated rings. The minimum atomic E-state index is -2.89. The van der Waals surface area contributed by atoms with Crippen LogP contribution in [0.4, 0.5) is 0 Å². The van der Waals surface area contributed by atoms with Crippen LogP contribution in [0.5, 0.6) is 0 Å². The quantitative estimate of drug-likeness (QED) is 0.203. The Balaban J connectivity index is 1.85. The lowest BCUT2D eigenvalue weighted by molar-refractivity contribution is 0.593. The van der Waals surface area contributed by atoms with Gasteiger partial charge in [-0.2, -0.15) is 0 Å². The van der Waals surface area contributed by atoms with E-state index in [0.717, 1.165) is 55.6 Å². The molecular weight excluding hydrogens is 359 g/mol. The van der Waals surface area contributed by atoms with Crippen molar-refractivity contribution in [1.29, 1.82) is 0 Å². The smallest absolute Gasteiger partial charge is 0.210 e. The molecule has 0 amide bonds. The highest BCUT2D eigenvalue weighted by Crippen LogP contribution is 2.41. The van der Waals surface area contributed by atoms with E-state index in [-0.39, 0.29) is 0 Å². The number of rotatable bonds is 10. The third-order valence-electron chi connectivity index (χ3n) is 4.51. The summed E-state index contributed by atoms with van der Waals surface area (Å²) >= 11 is 0. The summed E-state index contributed by atoms with van der Waals surface area (Å²) in [6.07, 6.45) is 18.0. The predicted octanol–water partition coefficient (Wildman–Crippen LogP) is 6.27. The summed E-state index contributed by atoms with van der Waals surface area (Å²) in [6, 6.07) is 19.2. The summed E-state index contributed by atoms with van der Waals surface area (Å²) in [5.74, 6) is 5.87. The zero-order valence-corrected chi connectivity index (χ0v) is 17.4. The summed E-state index contributed by atoms with van der Waals surface area (Å²) in [7, 11) is -2.89. The van der Waals surface area contributed by atoms with Crippen molar-refractivity contribution in [3.05, 3.63) is 72.8 Å². The van der Waals surface area contributed by atoms with Crippen LogP contribution in [0.1, 0.15) is 51.4 Å². The number of terminal acetylenes is 1. The van der Waals surface area contributed by atoms with E-state index >= 15 is 0 Å². The first-order valence-electron chi connectivity index (χ1n) is 10.1. The molecule has 0 aliphatic rings. The maximum Gasteiger partial charge on any atom is 0.210 e. The van der Waals surface area contributed by atoms with E-state index in [9.17, 15) is 4.57 Å². The van der Waals surface area contributed by atoms with Gasteiger partial charge in [-0.15, -0.1) is 12.3 Å². The Labute approximate surface area is 170 Å². The van der Waals surface area contributed by atoms with Gasteiger partial charge in [0.2, 0.25) is 7.14 Å². The fraction of sp³-hybridized carbons (Fsp3) is 0.308. The van der Waals surface area contributed by atoms with Crippen LogP contribution in [-0.4, -0.2) is 0 Å². The molecule has 0 saturated heterocycles. The van der Waals surface area contributed by atoms with Gasteiger partial charge in [-0.05, 0) is 44.2 Å². The topological polar surface area (TPSA) is 17.1 Å². The van der Waals surface area contributed by atoms with Gasteiger partial charge in [-0.1, -0.05) is 78.7 Å². The summed E-state index contributed by atoms with van der Waals surface area (Å²) in [6.45, 7) is 0. The number of allylic oxidation sites excluding steroid dienone is 2. The molecule has 2 rings (SSSR count). The van der Waals surface area contributed by atoms with E-state index in [1.54, 1.807) is 0 Å². The molecular formula is C26H29OP. The molecule has 0 heterocycles. The molecule has 2 aromatic rings. The molecule has 2 heteroatoms. The number of benzene rings is 2. The maximum atomic E-state index is 13.7. The SMILES string of the molecule is C#CCCCC/C=C\CCCCC#CP(=O)(c1ccccc1)c1ccccc1. The largest absolute Gasteiger partial charge is 0.300 e. The Morgan fingerprint density at radius 2 is 1.25 bits per heavy atom. The number of hydrogen-bond acceptors (Lipinski definition) is 1. The predicted molar refractivity (Wildman–Crippen MR) is 122 cm³/mol. The van der Waals surface area contributed by atoms with Crippen molar-refractivity contribution in [2.24, 2.45) is 0 Å². The number of unbranched alkanes of at least 4 members (excludes halogenated alkanes) is 6. The third kappa shape index (κ3) is 7.27. The standard InChI is InChI=1S/C26H29OP/c1-2-3-4-5-6-7-8-9-10-11-12-19-24-28(27,25-20-15-13-16-21-25)26-22-17-14-18-23-26/h1,7-8,13-18,20-23H,3-6,9-12H2/b8-7-. The van der Waals surface area contributed by atoms with E-state index in [1.165, 1.54) is 6.42 Å². The Kier molecular flexibility index (Phi) is 10.0. The summed E-state index contributed by atoms with van der Waals surface area (Å²) in [5, 5.41) is 1.61. The summed E-state index contributed by atoms with van der Waals surface area (Å²) < 4.78 is 13.7. The molecule has 144 valence electrons. The van der Waals surface area contributed by atoms with Crippen molar-refractivity contribution < 1.29 is 4.57 Å². The Bertz CT molecular complexity index is 820. The van der Waals surface area contributed by atoms with Gasteiger partial charge < -0.3 is 0 Å². The zero-order chi connectivity index (χ0) is 19.9. The van der Waals surface area contributed by atoms with Crippen LogP contribution in [0, 0.1) is 23.9 Å². The van der Waals surface area contributed by atoms with Gasteiger partial charge in [0.1, 0.15) is 0 Å². The molecule has 0 spiro atoms. The van der Waals surface area contributed by atoms with Gasteiger partial charge in [0.05, 0.1) is 0 Å². The van der Waals surface area contributed by atoms with Crippen LogP contribution in [0.15, 0.2) is 72.8 Å². The molecule has 0 aromatic heterocycles. The Morgan fingerprint density at radius 3 is 1.75 bits per heavy atom. The molecule has 0 atom stereocenters. The molecule has 0 bridgehead atoms. The van der Waals surface area contributed by atoms with Crippen LogP contribution in [-0.2, 0) is 4.57 Å². The van der Waals surface area contributed by atoms with Crippen molar-refractivity contribution in [2.45, 2.75) is 51.4 Å². The molecule has 1 nitrogen and oxygen atoms in total. The van der Waals surface area contributed by atoms with E-state index in [4.69, 9.17) is 6.42 Å². The normalized spacial score (nSPS) is 11.0. The van der Waals surface area contributed by atoms with Crippen LogP contribution in [0.3, 0.4) is 0 Å². The lowest BCUT2D eigenvalue weighted by Gasteiger charge is -2.12. The van der Waals surface area contributed by atoms with Crippen molar-refractivity contribution in [2.75, 3.05) is 0 Å². The molecule has 28 heavy (non-hydrogen) atoms. The van der Waals surface area contributed by atoms with Gasteiger partial charge in [0, 0.05) is 23.5 Å². The molecule has 0 aliphatic carbocycles. The minimum Gasteiger partial charge on any atom is -0.300 e. The first-order chi connectivity index (χ1) is 13.8. The van der Waals surface area contributed by atoms with Crippen molar-refractivity contribution >= 4 is 17.8 Å². The lowest BCUT2D eigenvalue weighted by Crippen LogP contribution is -2.14. The fourth-order valence-electron chi connectivity index (χ4n) is 2.92. The van der Waals surface area contributed by atoms with Gasteiger partial charge in [0.15, 0.2) is 0 Å². The molecule has 0 saturated carbocycles. The molecule has 0 N–H and O–H groups in total. The first kappa shape index (κ1) is 21.8. The second-order valence-corrected chi connectivity index (χ2v) is 9.21. The van der Waals surface area contributed by atoms with Crippen LogP contribution in [0.2, 0.25) is 0 Å². The molecule has 2 aromatic carbocycles. The van der Waals surface area contributed by atoms with E-state index in [1.807, 2.05) is 60.7 Å².